The molecule has 2 aromatic carbocycles. The second kappa shape index (κ2) is 10.5. The van der Waals surface area contributed by atoms with E-state index in [1.54, 1.807) is 0 Å². The second-order valence-corrected chi connectivity index (χ2v) is 8.74. The van der Waals surface area contributed by atoms with E-state index in [0.29, 0.717) is 0 Å². The van der Waals surface area contributed by atoms with E-state index >= 15 is 0 Å². The minimum absolute atomic E-state index is 0.0450. The van der Waals surface area contributed by atoms with E-state index in [2.05, 4.69) is 10.6 Å². The van der Waals surface area contributed by atoms with Gasteiger partial charge in [0.15, 0.2) is 6.10 Å². The molecule has 1 atom stereocenters. The number of nitrogens with one attached hydrogen (secondary N) is 2. The molecule has 5 amide bonds. The van der Waals surface area contributed by atoms with E-state index in [4.69, 9.17) is 4.74 Å². The van der Waals surface area contributed by atoms with E-state index in [1.807, 2.05) is 30.3 Å². The lowest BCUT2D eigenvalue weighted by Crippen LogP contribution is -2.44. The Morgan fingerprint density at radius 3 is 2.37 bits per heavy atom. The molecule has 1 aliphatic carbocycles. The van der Waals surface area contributed by atoms with Gasteiger partial charge in [-0.3, -0.25) is 24.6 Å². The van der Waals surface area contributed by atoms with E-state index in [0.717, 1.165) is 37.7 Å². The van der Waals surface area contributed by atoms with Crippen LogP contribution in [0.15, 0.2) is 48.5 Å². The summed E-state index contributed by atoms with van der Waals surface area (Å²) in [7, 11) is 0. The number of hydrogen-bond donors (Lipinski definition) is 2. The van der Waals surface area contributed by atoms with Crippen LogP contribution in [0.3, 0.4) is 0 Å². The van der Waals surface area contributed by atoms with Crippen molar-refractivity contribution in [2.75, 3.05) is 0 Å². The summed E-state index contributed by atoms with van der Waals surface area (Å²) in [5.41, 5.74) is 1.33. The molecule has 35 heavy (non-hydrogen) atoms. The van der Waals surface area contributed by atoms with E-state index in [1.165, 1.54) is 30.0 Å². The molecule has 1 heterocycles. The van der Waals surface area contributed by atoms with Crippen LogP contribution in [0.25, 0.3) is 0 Å². The molecule has 1 fully saturated rings. The van der Waals surface area contributed by atoms with E-state index < -0.39 is 29.9 Å². The molecule has 0 bridgehead atoms. The SMILES string of the molecule is CC(OC(=O)c1ccc2c(c1)C(=O)N(C1CCCCC1)C2=O)C(=O)NC(=O)NCc1ccccc1. The summed E-state index contributed by atoms with van der Waals surface area (Å²) in [6, 6.07) is 12.5. The van der Waals surface area contributed by atoms with Crippen molar-refractivity contribution in [1.29, 1.82) is 0 Å². The highest BCUT2D eigenvalue weighted by molar-refractivity contribution is 6.22. The zero-order chi connectivity index (χ0) is 24.9. The topological polar surface area (TPSA) is 122 Å². The number of urea groups is 1. The Hall–Kier alpha value is -4.01. The van der Waals surface area contributed by atoms with Gasteiger partial charge in [0.05, 0.1) is 16.7 Å². The Labute approximate surface area is 202 Å². The van der Waals surface area contributed by atoms with Crippen LogP contribution in [-0.2, 0) is 16.1 Å². The van der Waals surface area contributed by atoms with Crippen LogP contribution in [-0.4, -0.2) is 46.8 Å². The van der Waals surface area contributed by atoms with Crippen molar-refractivity contribution < 1.29 is 28.7 Å². The maximum absolute atomic E-state index is 12.9. The first kappa shape index (κ1) is 24.1. The number of carbonyl (C=O) groups is 5. The number of nitrogens with zero attached hydrogens (tertiary/aromatic N) is 1. The lowest BCUT2D eigenvalue weighted by atomic mass is 9.94. The van der Waals surface area contributed by atoms with Gasteiger partial charge in [0, 0.05) is 12.6 Å². The number of fused-ring (bicyclic) bond motifs is 1. The second-order valence-electron chi connectivity index (χ2n) is 8.74. The normalized spacial score (nSPS) is 16.4. The van der Waals surface area contributed by atoms with Crippen molar-refractivity contribution in [3.63, 3.8) is 0 Å². The fourth-order valence-corrected chi connectivity index (χ4v) is 4.38. The molecular weight excluding hydrogens is 450 g/mol. The van der Waals surface area contributed by atoms with Crippen LogP contribution < -0.4 is 10.6 Å². The lowest BCUT2D eigenvalue weighted by molar-refractivity contribution is -0.127. The molecule has 1 saturated carbocycles. The third kappa shape index (κ3) is 5.40. The quantitative estimate of drug-likeness (QED) is 0.487. The third-order valence-electron chi connectivity index (χ3n) is 6.28. The summed E-state index contributed by atoms with van der Waals surface area (Å²) in [6.07, 6.45) is 3.35. The molecular formula is C26H27N3O6. The van der Waals surface area contributed by atoms with Crippen LogP contribution in [0.2, 0.25) is 0 Å². The van der Waals surface area contributed by atoms with Crippen molar-refractivity contribution in [2.45, 2.75) is 57.7 Å². The number of esters is 1. The van der Waals surface area contributed by atoms with Gasteiger partial charge in [-0.15, -0.1) is 0 Å². The summed E-state index contributed by atoms with van der Waals surface area (Å²) in [6.45, 7) is 1.57. The minimum atomic E-state index is -1.26. The highest BCUT2D eigenvalue weighted by Crippen LogP contribution is 2.31. The van der Waals surface area contributed by atoms with Gasteiger partial charge in [-0.1, -0.05) is 49.6 Å². The van der Waals surface area contributed by atoms with Crippen LogP contribution >= 0.6 is 0 Å². The molecule has 2 aliphatic rings. The first-order valence-electron chi connectivity index (χ1n) is 11.7. The number of ether oxygens (including phenoxy) is 1. The fraction of sp³-hybridized carbons (Fsp3) is 0.346. The highest BCUT2D eigenvalue weighted by atomic mass is 16.5. The molecule has 1 unspecified atom stereocenters. The maximum atomic E-state index is 12.9. The zero-order valence-corrected chi connectivity index (χ0v) is 19.4. The first-order chi connectivity index (χ1) is 16.8. The molecule has 0 aromatic heterocycles. The van der Waals surface area contributed by atoms with Gasteiger partial charge in [-0.2, -0.15) is 0 Å². The standard InChI is InChI=1S/C26H27N3O6/c1-16(22(30)28-26(34)27-15-17-8-4-2-5-9-17)35-25(33)18-12-13-20-21(14-18)24(32)29(23(20)31)19-10-6-3-7-11-19/h2,4-5,8-9,12-14,16,19H,3,6-7,10-11,15H2,1H3,(H2,27,28,30,34). The van der Waals surface area contributed by atoms with Gasteiger partial charge in [0.2, 0.25) is 0 Å². The largest absolute Gasteiger partial charge is 0.449 e. The smallest absolute Gasteiger partial charge is 0.338 e. The fourth-order valence-electron chi connectivity index (χ4n) is 4.38. The minimum Gasteiger partial charge on any atom is -0.449 e. The van der Waals surface area contributed by atoms with E-state index in [-0.39, 0.29) is 35.2 Å². The van der Waals surface area contributed by atoms with Gasteiger partial charge in [-0.05, 0) is 43.5 Å². The molecule has 0 radical (unpaired) electrons. The van der Waals surface area contributed by atoms with Gasteiger partial charge in [-0.25, -0.2) is 9.59 Å². The molecule has 9 heteroatoms. The number of carbonyl (C=O) groups excluding carboxylic acids is 5. The molecule has 0 saturated heterocycles. The summed E-state index contributed by atoms with van der Waals surface area (Å²) >= 11 is 0. The molecule has 1 aliphatic heterocycles. The monoisotopic (exact) mass is 477 g/mol. The van der Waals surface area contributed by atoms with Gasteiger partial charge in [0.25, 0.3) is 17.7 Å². The Kier molecular flexibility index (Phi) is 7.24. The molecule has 2 aromatic rings. The van der Waals surface area contributed by atoms with Crippen LogP contribution in [0.1, 0.15) is 75.7 Å². The van der Waals surface area contributed by atoms with Gasteiger partial charge in [0.1, 0.15) is 0 Å². The summed E-state index contributed by atoms with van der Waals surface area (Å²) in [5.74, 6) is -2.38. The Morgan fingerprint density at radius 1 is 0.971 bits per heavy atom. The van der Waals surface area contributed by atoms with Crippen LogP contribution in [0, 0.1) is 0 Å². The van der Waals surface area contributed by atoms with Crippen LogP contribution in [0.4, 0.5) is 4.79 Å². The molecule has 182 valence electrons. The van der Waals surface area contributed by atoms with Crippen molar-refractivity contribution >= 4 is 29.7 Å². The predicted octanol–water partition coefficient (Wildman–Crippen LogP) is 3.19. The third-order valence-corrected chi connectivity index (χ3v) is 6.28. The van der Waals surface area contributed by atoms with Crippen LogP contribution in [0.5, 0.6) is 0 Å². The maximum Gasteiger partial charge on any atom is 0.338 e. The number of hydrogen-bond acceptors (Lipinski definition) is 6. The molecule has 4 rings (SSSR count). The van der Waals surface area contributed by atoms with Gasteiger partial charge >= 0.3 is 12.0 Å². The summed E-state index contributed by atoms with van der Waals surface area (Å²) in [4.78, 5) is 63.9. The molecule has 2 N–H and O–H groups in total. The Morgan fingerprint density at radius 2 is 1.66 bits per heavy atom. The molecule has 9 nitrogen and oxygen atoms in total. The van der Waals surface area contributed by atoms with Crippen molar-refractivity contribution in [3.8, 4) is 0 Å². The van der Waals surface area contributed by atoms with Gasteiger partial charge < -0.3 is 10.1 Å². The van der Waals surface area contributed by atoms with E-state index in [9.17, 15) is 24.0 Å². The average molecular weight is 478 g/mol. The number of rotatable bonds is 6. The summed E-state index contributed by atoms with van der Waals surface area (Å²) < 4.78 is 5.19. The Bertz CT molecular complexity index is 1160. The zero-order valence-electron chi connectivity index (χ0n) is 19.4. The van der Waals surface area contributed by atoms with Crippen molar-refractivity contribution in [1.82, 2.24) is 15.5 Å². The number of imide groups is 2. The first-order valence-corrected chi connectivity index (χ1v) is 11.7. The lowest BCUT2D eigenvalue weighted by Gasteiger charge is -2.29. The predicted molar refractivity (Wildman–Crippen MR) is 126 cm³/mol. The Balaban J connectivity index is 1.34. The number of benzene rings is 2. The highest BCUT2D eigenvalue weighted by Gasteiger charge is 2.40. The van der Waals surface area contributed by atoms with Crippen molar-refractivity contribution in [2.24, 2.45) is 0 Å². The summed E-state index contributed by atoms with van der Waals surface area (Å²) in [5, 5.41) is 4.68. The van der Waals surface area contributed by atoms with Crippen molar-refractivity contribution in [3.05, 3.63) is 70.8 Å². The number of amides is 5. The molecule has 0 spiro atoms. The average Bonchev–Trinajstić information content (AvgIpc) is 3.13.